The summed E-state index contributed by atoms with van der Waals surface area (Å²) in [5, 5.41) is 20.5. The molecule has 3 rings (SSSR count). The van der Waals surface area contributed by atoms with Crippen LogP contribution in [0.4, 0.5) is 0 Å². The van der Waals surface area contributed by atoms with Gasteiger partial charge in [-0.1, -0.05) is 0 Å². The molecule has 20 heavy (non-hydrogen) atoms. The smallest absolute Gasteiger partial charge is 0.335 e. The number of rotatable bonds is 5. The lowest BCUT2D eigenvalue weighted by atomic mass is 10.2. The van der Waals surface area contributed by atoms with Crippen LogP contribution in [0.25, 0.3) is 0 Å². The Balaban J connectivity index is 1.75. The van der Waals surface area contributed by atoms with E-state index in [0.29, 0.717) is 22.1 Å². The molecule has 1 heterocycles. The summed E-state index contributed by atoms with van der Waals surface area (Å²) in [6.07, 6.45) is 2.16. The Bertz CT molecular complexity index is 654. The first-order valence-corrected chi connectivity index (χ1v) is 6.87. The normalized spacial score (nSPS) is 14.2. The lowest BCUT2D eigenvalue weighted by molar-refractivity contribution is 0.0696. The van der Waals surface area contributed by atoms with Crippen LogP contribution in [0.2, 0.25) is 0 Å². The van der Waals surface area contributed by atoms with Crippen molar-refractivity contribution in [2.75, 3.05) is 0 Å². The number of aromatic carboxylic acids is 1. The molecule has 7 nitrogen and oxygen atoms in total. The fourth-order valence-electron chi connectivity index (χ4n) is 1.80. The standard InChI is InChI=1S/C12H11BrN4O3/c13-9-4-1-7(12(18)19)5-10(9)20-6-11-14-15-16-17(11)8-2-3-8/h1,4-5,8H,2-3,6H2,(H,18,19). The first kappa shape index (κ1) is 13.0. The van der Waals surface area contributed by atoms with E-state index in [1.54, 1.807) is 10.7 Å². The molecule has 1 aromatic carbocycles. The van der Waals surface area contributed by atoms with Gasteiger partial charge in [-0.3, -0.25) is 0 Å². The Kier molecular flexibility index (Phi) is 3.39. The minimum absolute atomic E-state index is 0.171. The van der Waals surface area contributed by atoms with Gasteiger partial charge in [0.25, 0.3) is 0 Å². The number of aromatic nitrogens is 4. The maximum atomic E-state index is 10.9. The van der Waals surface area contributed by atoms with Crippen molar-refractivity contribution in [3.05, 3.63) is 34.1 Å². The summed E-state index contributed by atoms with van der Waals surface area (Å²) in [7, 11) is 0. The predicted octanol–water partition coefficient (Wildman–Crippen LogP) is 2.05. The van der Waals surface area contributed by atoms with Gasteiger partial charge in [-0.15, -0.1) is 5.10 Å². The Morgan fingerprint density at radius 1 is 1.50 bits per heavy atom. The molecule has 104 valence electrons. The van der Waals surface area contributed by atoms with Gasteiger partial charge in [0.2, 0.25) is 0 Å². The Morgan fingerprint density at radius 2 is 2.30 bits per heavy atom. The second-order valence-electron chi connectivity index (χ2n) is 4.51. The van der Waals surface area contributed by atoms with Crippen molar-refractivity contribution in [1.29, 1.82) is 0 Å². The summed E-state index contributed by atoms with van der Waals surface area (Å²) in [6, 6.07) is 4.99. The molecule has 8 heteroatoms. The van der Waals surface area contributed by atoms with Gasteiger partial charge in [-0.25, -0.2) is 9.48 Å². The number of hydrogen-bond acceptors (Lipinski definition) is 5. The van der Waals surface area contributed by atoms with Crippen molar-refractivity contribution in [3.8, 4) is 5.75 Å². The minimum Gasteiger partial charge on any atom is -0.484 e. The fraction of sp³-hybridized carbons (Fsp3) is 0.333. The predicted molar refractivity (Wildman–Crippen MR) is 71.5 cm³/mol. The second kappa shape index (κ2) is 5.20. The van der Waals surface area contributed by atoms with Crippen molar-refractivity contribution >= 4 is 21.9 Å². The van der Waals surface area contributed by atoms with E-state index in [0.717, 1.165) is 12.8 Å². The highest BCUT2D eigenvalue weighted by atomic mass is 79.9. The number of carboxylic acid groups (broad SMARTS) is 1. The van der Waals surface area contributed by atoms with Gasteiger partial charge in [-0.2, -0.15) is 0 Å². The zero-order valence-electron chi connectivity index (χ0n) is 10.4. The third-order valence-corrected chi connectivity index (χ3v) is 3.64. The first-order chi connectivity index (χ1) is 9.65. The summed E-state index contributed by atoms with van der Waals surface area (Å²) in [4.78, 5) is 10.9. The van der Waals surface area contributed by atoms with Crippen molar-refractivity contribution in [2.45, 2.75) is 25.5 Å². The van der Waals surface area contributed by atoms with Crippen LogP contribution in [0.15, 0.2) is 22.7 Å². The highest BCUT2D eigenvalue weighted by Crippen LogP contribution is 2.34. The average molecular weight is 339 g/mol. The molecule has 0 saturated heterocycles. The minimum atomic E-state index is -0.995. The molecule has 0 spiro atoms. The van der Waals surface area contributed by atoms with Crippen molar-refractivity contribution in [1.82, 2.24) is 20.2 Å². The number of carboxylic acids is 1. The quantitative estimate of drug-likeness (QED) is 0.897. The van der Waals surface area contributed by atoms with Crippen LogP contribution in [-0.4, -0.2) is 31.3 Å². The average Bonchev–Trinajstić information content (AvgIpc) is 3.17. The number of halogens is 1. The molecular weight excluding hydrogens is 328 g/mol. The molecule has 0 unspecified atom stereocenters. The summed E-state index contributed by atoms with van der Waals surface area (Å²) >= 11 is 3.33. The van der Waals surface area contributed by atoms with E-state index < -0.39 is 5.97 Å². The Hall–Kier alpha value is -1.96. The summed E-state index contributed by atoms with van der Waals surface area (Å²) in [5.74, 6) is 0.0977. The Labute approximate surface area is 122 Å². The van der Waals surface area contributed by atoms with Gasteiger partial charge in [0, 0.05) is 0 Å². The molecule has 0 radical (unpaired) electrons. The topological polar surface area (TPSA) is 90.1 Å². The zero-order chi connectivity index (χ0) is 14.1. The Morgan fingerprint density at radius 3 is 3.00 bits per heavy atom. The van der Waals surface area contributed by atoms with Crippen molar-refractivity contribution in [2.24, 2.45) is 0 Å². The molecule has 1 aliphatic rings. The molecule has 1 saturated carbocycles. The zero-order valence-corrected chi connectivity index (χ0v) is 11.9. The van der Waals surface area contributed by atoms with Gasteiger partial charge < -0.3 is 9.84 Å². The summed E-state index contributed by atoms with van der Waals surface area (Å²) in [6.45, 7) is 0.200. The molecule has 0 amide bonds. The maximum Gasteiger partial charge on any atom is 0.335 e. The lowest BCUT2D eigenvalue weighted by Crippen LogP contribution is -2.08. The monoisotopic (exact) mass is 338 g/mol. The van der Waals surface area contributed by atoms with Gasteiger partial charge in [0.05, 0.1) is 16.1 Å². The largest absolute Gasteiger partial charge is 0.484 e. The maximum absolute atomic E-state index is 10.9. The number of benzene rings is 1. The van der Waals surface area contributed by atoms with Crippen LogP contribution in [0.1, 0.15) is 35.1 Å². The van der Waals surface area contributed by atoms with Crippen LogP contribution in [0.5, 0.6) is 5.75 Å². The molecular formula is C12H11BrN4O3. The van der Waals surface area contributed by atoms with Crippen LogP contribution >= 0.6 is 15.9 Å². The third-order valence-electron chi connectivity index (χ3n) is 2.99. The first-order valence-electron chi connectivity index (χ1n) is 6.07. The molecule has 0 atom stereocenters. The van der Waals surface area contributed by atoms with Crippen molar-refractivity contribution < 1.29 is 14.6 Å². The van der Waals surface area contributed by atoms with E-state index in [1.165, 1.54) is 12.1 Å². The molecule has 1 N–H and O–H groups in total. The fourth-order valence-corrected chi connectivity index (χ4v) is 2.16. The lowest BCUT2D eigenvalue weighted by Gasteiger charge is -2.08. The summed E-state index contributed by atoms with van der Waals surface area (Å²) in [5.41, 5.74) is 0.171. The molecule has 1 fully saturated rings. The number of hydrogen-bond donors (Lipinski definition) is 1. The third kappa shape index (κ3) is 2.64. The summed E-state index contributed by atoms with van der Waals surface area (Å²) < 4.78 is 8.06. The van der Waals surface area contributed by atoms with E-state index in [-0.39, 0.29) is 12.2 Å². The molecule has 2 aromatic rings. The number of nitrogens with zero attached hydrogens (tertiary/aromatic N) is 4. The van der Waals surface area contributed by atoms with Gasteiger partial charge in [0.1, 0.15) is 12.4 Å². The number of ether oxygens (including phenoxy) is 1. The molecule has 0 bridgehead atoms. The molecule has 1 aromatic heterocycles. The van der Waals surface area contributed by atoms with Gasteiger partial charge in [0.15, 0.2) is 5.82 Å². The molecule has 0 aliphatic heterocycles. The second-order valence-corrected chi connectivity index (χ2v) is 5.36. The van der Waals surface area contributed by atoms with Crippen LogP contribution in [-0.2, 0) is 6.61 Å². The van der Waals surface area contributed by atoms with Crippen LogP contribution < -0.4 is 4.74 Å². The van der Waals surface area contributed by atoms with E-state index in [1.807, 2.05) is 0 Å². The highest BCUT2D eigenvalue weighted by Gasteiger charge is 2.27. The van der Waals surface area contributed by atoms with Crippen molar-refractivity contribution in [3.63, 3.8) is 0 Å². The SMILES string of the molecule is O=C(O)c1ccc(Br)c(OCc2nnnn2C2CC2)c1. The van der Waals surface area contributed by atoms with Crippen LogP contribution in [0.3, 0.4) is 0 Å². The highest BCUT2D eigenvalue weighted by molar-refractivity contribution is 9.10. The molecule has 1 aliphatic carbocycles. The van der Waals surface area contributed by atoms with Crippen LogP contribution in [0, 0.1) is 0 Å². The van der Waals surface area contributed by atoms with E-state index in [4.69, 9.17) is 9.84 Å². The van der Waals surface area contributed by atoms with E-state index in [9.17, 15) is 4.79 Å². The van der Waals surface area contributed by atoms with Gasteiger partial charge in [-0.05, 0) is 57.4 Å². The van der Waals surface area contributed by atoms with Gasteiger partial charge >= 0.3 is 5.97 Å². The number of tetrazole rings is 1. The number of carbonyl (C=O) groups is 1. The van der Waals surface area contributed by atoms with E-state index >= 15 is 0 Å². The van der Waals surface area contributed by atoms with E-state index in [2.05, 4.69) is 31.5 Å².